The molecule has 5 nitrogen and oxygen atoms in total. The molecule has 0 radical (unpaired) electrons. The molecule has 0 fully saturated rings. The normalized spacial score (nSPS) is 11.1. The van der Waals surface area contributed by atoms with E-state index in [0.29, 0.717) is 18.7 Å². The quantitative estimate of drug-likeness (QED) is 0.216. The molecule has 4 aromatic rings. The monoisotopic (exact) mass is 507 g/mol. The first-order chi connectivity index (χ1) is 17.5. The Kier molecular flexibility index (Phi) is 8.95. The molecule has 3 aromatic carbocycles. The topological polar surface area (TPSA) is 56.1 Å². The van der Waals surface area contributed by atoms with Gasteiger partial charge in [0.2, 0.25) is 0 Å². The number of hydrogen-bond donors (Lipinski definition) is 1. The van der Waals surface area contributed by atoms with Gasteiger partial charge in [-0.1, -0.05) is 30.2 Å². The summed E-state index contributed by atoms with van der Waals surface area (Å²) in [5, 5.41) is 3.64. The van der Waals surface area contributed by atoms with E-state index in [-0.39, 0.29) is 11.7 Å². The van der Waals surface area contributed by atoms with Crippen molar-refractivity contribution in [2.24, 2.45) is 0 Å². The standard InChI is InChI=1S/C29H31ClFN3O2/c1-21-20-24(15-16-25(21)30)36-19-7-18-34-27-9-5-4-8-26(27)33-28(34)10-3-2-6-17-32-29(35)22-11-13-23(31)14-12-22/h4-5,8-9,11-16,20H,2-3,6-7,10,17-19H2,1H3,(H,32,35). The minimum atomic E-state index is -0.346. The summed E-state index contributed by atoms with van der Waals surface area (Å²) in [6, 6.07) is 19.5. The highest BCUT2D eigenvalue weighted by Gasteiger charge is 2.11. The average molecular weight is 508 g/mol. The van der Waals surface area contributed by atoms with Crippen molar-refractivity contribution in [2.45, 2.75) is 45.6 Å². The molecule has 1 aromatic heterocycles. The zero-order valence-corrected chi connectivity index (χ0v) is 21.2. The van der Waals surface area contributed by atoms with E-state index in [1.54, 1.807) is 0 Å². The van der Waals surface area contributed by atoms with Gasteiger partial charge in [-0.15, -0.1) is 0 Å². The van der Waals surface area contributed by atoms with E-state index in [4.69, 9.17) is 21.3 Å². The van der Waals surface area contributed by atoms with Crippen molar-refractivity contribution in [2.75, 3.05) is 13.2 Å². The molecule has 0 aliphatic heterocycles. The van der Waals surface area contributed by atoms with Crippen LogP contribution in [0.25, 0.3) is 11.0 Å². The fraction of sp³-hybridized carbons (Fsp3) is 0.310. The van der Waals surface area contributed by atoms with Gasteiger partial charge in [-0.05, 0) is 86.3 Å². The molecule has 1 amide bonds. The summed E-state index contributed by atoms with van der Waals surface area (Å²) >= 11 is 6.10. The molecule has 0 spiro atoms. The van der Waals surface area contributed by atoms with Gasteiger partial charge in [-0.3, -0.25) is 4.79 Å². The number of hydrogen-bond acceptors (Lipinski definition) is 3. The maximum Gasteiger partial charge on any atom is 0.251 e. The van der Waals surface area contributed by atoms with E-state index in [2.05, 4.69) is 16.0 Å². The smallest absolute Gasteiger partial charge is 0.251 e. The van der Waals surface area contributed by atoms with Crippen LogP contribution in [0.5, 0.6) is 5.75 Å². The van der Waals surface area contributed by atoms with Crippen LogP contribution in [0.1, 0.15) is 47.4 Å². The van der Waals surface area contributed by atoms with E-state index < -0.39 is 0 Å². The van der Waals surface area contributed by atoms with E-state index in [9.17, 15) is 9.18 Å². The van der Waals surface area contributed by atoms with Gasteiger partial charge in [0.05, 0.1) is 17.6 Å². The molecule has 0 aliphatic rings. The molecule has 0 unspecified atom stereocenters. The van der Waals surface area contributed by atoms with Gasteiger partial charge >= 0.3 is 0 Å². The molecule has 188 valence electrons. The Labute approximate surface area is 216 Å². The number of nitrogens with zero attached hydrogens (tertiary/aromatic N) is 2. The first kappa shape index (κ1) is 25.7. The fourth-order valence-corrected chi connectivity index (χ4v) is 4.29. The first-order valence-corrected chi connectivity index (χ1v) is 12.8. The Morgan fingerprint density at radius 1 is 1.03 bits per heavy atom. The molecule has 36 heavy (non-hydrogen) atoms. The maximum atomic E-state index is 13.0. The zero-order valence-electron chi connectivity index (χ0n) is 20.5. The van der Waals surface area contributed by atoms with Gasteiger partial charge in [-0.25, -0.2) is 9.37 Å². The fourth-order valence-electron chi connectivity index (χ4n) is 4.18. The summed E-state index contributed by atoms with van der Waals surface area (Å²) in [5.41, 5.74) is 3.63. The molecule has 0 saturated heterocycles. The van der Waals surface area contributed by atoms with E-state index in [0.717, 1.165) is 71.8 Å². The van der Waals surface area contributed by atoms with Crippen LogP contribution in [0.2, 0.25) is 5.02 Å². The number of ether oxygens (including phenoxy) is 1. The number of halogens is 2. The van der Waals surface area contributed by atoms with Gasteiger partial charge in [0.1, 0.15) is 17.4 Å². The molecule has 1 N–H and O–H groups in total. The summed E-state index contributed by atoms with van der Waals surface area (Å²) in [5.74, 6) is 1.39. The number of carbonyl (C=O) groups excluding carboxylic acids is 1. The highest BCUT2D eigenvalue weighted by molar-refractivity contribution is 6.31. The van der Waals surface area contributed by atoms with Crippen LogP contribution in [0.4, 0.5) is 4.39 Å². The Bertz CT molecular complexity index is 1300. The summed E-state index contributed by atoms with van der Waals surface area (Å²) in [7, 11) is 0. The van der Waals surface area contributed by atoms with Crippen molar-refractivity contribution in [3.05, 3.63) is 94.5 Å². The lowest BCUT2D eigenvalue weighted by molar-refractivity contribution is 0.0953. The molecule has 7 heteroatoms. The first-order valence-electron chi connectivity index (χ1n) is 12.4. The number of aryl methyl sites for hydroxylation is 3. The number of unbranched alkanes of at least 4 members (excludes halogenated alkanes) is 2. The molecule has 0 bridgehead atoms. The molecule has 0 aliphatic carbocycles. The summed E-state index contributed by atoms with van der Waals surface area (Å²) in [6.45, 7) is 4.00. The molecule has 1 heterocycles. The van der Waals surface area contributed by atoms with E-state index in [1.165, 1.54) is 24.3 Å². The van der Waals surface area contributed by atoms with Crippen LogP contribution in [0.3, 0.4) is 0 Å². The van der Waals surface area contributed by atoms with Crippen LogP contribution in [0.15, 0.2) is 66.7 Å². The van der Waals surface area contributed by atoms with E-state index >= 15 is 0 Å². The lowest BCUT2D eigenvalue weighted by atomic mass is 10.1. The lowest BCUT2D eigenvalue weighted by Crippen LogP contribution is -2.24. The van der Waals surface area contributed by atoms with Crippen molar-refractivity contribution in [1.29, 1.82) is 0 Å². The second-order valence-corrected chi connectivity index (χ2v) is 9.26. The summed E-state index contributed by atoms with van der Waals surface area (Å²) < 4.78 is 21.2. The van der Waals surface area contributed by atoms with Gasteiger partial charge in [-0.2, -0.15) is 0 Å². The second kappa shape index (κ2) is 12.5. The average Bonchev–Trinajstić information content (AvgIpc) is 3.23. The van der Waals surface area contributed by atoms with Crippen molar-refractivity contribution in [1.82, 2.24) is 14.9 Å². The Morgan fingerprint density at radius 3 is 2.64 bits per heavy atom. The number of aromatic nitrogens is 2. The summed E-state index contributed by atoms with van der Waals surface area (Å²) in [6.07, 6.45) is 4.58. The second-order valence-electron chi connectivity index (χ2n) is 8.85. The van der Waals surface area contributed by atoms with E-state index in [1.807, 2.05) is 43.3 Å². The van der Waals surface area contributed by atoms with Crippen LogP contribution < -0.4 is 10.1 Å². The summed E-state index contributed by atoms with van der Waals surface area (Å²) in [4.78, 5) is 17.0. The van der Waals surface area contributed by atoms with Gasteiger partial charge < -0.3 is 14.6 Å². The maximum absolute atomic E-state index is 13.0. The Balaban J connectivity index is 1.24. The van der Waals surface area contributed by atoms with Gasteiger partial charge in [0, 0.05) is 30.1 Å². The highest BCUT2D eigenvalue weighted by Crippen LogP contribution is 2.22. The number of benzene rings is 3. The number of rotatable bonds is 12. The highest BCUT2D eigenvalue weighted by atomic mass is 35.5. The van der Waals surface area contributed by atoms with Crippen LogP contribution in [-0.2, 0) is 13.0 Å². The van der Waals surface area contributed by atoms with Crippen LogP contribution in [-0.4, -0.2) is 28.6 Å². The third-order valence-electron chi connectivity index (χ3n) is 6.13. The number of para-hydroxylation sites is 2. The molecular weight excluding hydrogens is 477 g/mol. The predicted octanol–water partition coefficient (Wildman–Crippen LogP) is 6.75. The van der Waals surface area contributed by atoms with Crippen LogP contribution in [0, 0.1) is 12.7 Å². The van der Waals surface area contributed by atoms with Gasteiger partial charge in [0.15, 0.2) is 0 Å². The number of fused-ring (bicyclic) bond motifs is 1. The van der Waals surface area contributed by atoms with Crippen LogP contribution >= 0.6 is 11.6 Å². The lowest BCUT2D eigenvalue weighted by Gasteiger charge is -2.11. The number of amides is 1. The minimum Gasteiger partial charge on any atom is -0.494 e. The third-order valence-corrected chi connectivity index (χ3v) is 6.55. The van der Waals surface area contributed by atoms with Crippen molar-refractivity contribution in [3.8, 4) is 5.75 Å². The zero-order chi connectivity index (χ0) is 25.3. The Hall–Kier alpha value is -3.38. The predicted molar refractivity (Wildman–Crippen MR) is 142 cm³/mol. The number of carbonyl (C=O) groups is 1. The molecular formula is C29H31ClFN3O2. The molecule has 0 saturated carbocycles. The van der Waals surface area contributed by atoms with Crippen molar-refractivity contribution in [3.63, 3.8) is 0 Å². The largest absolute Gasteiger partial charge is 0.494 e. The SMILES string of the molecule is Cc1cc(OCCCn2c(CCCCCNC(=O)c3ccc(F)cc3)nc3ccccc32)ccc1Cl. The van der Waals surface area contributed by atoms with Crippen molar-refractivity contribution >= 4 is 28.5 Å². The molecule has 0 atom stereocenters. The molecule has 4 rings (SSSR count). The number of imidazole rings is 1. The van der Waals surface area contributed by atoms with Crippen molar-refractivity contribution < 1.29 is 13.9 Å². The number of nitrogens with one attached hydrogen (secondary N) is 1. The Morgan fingerprint density at radius 2 is 1.83 bits per heavy atom. The minimum absolute atomic E-state index is 0.173. The van der Waals surface area contributed by atoms with Gasteiger partial charge in [0.25, 0.3) is 5.91 Å². The third kappa shape index (κ3) is 6.85.